The summed E-state index contributed by atoms with van der Waals surface area (Å²) in [5.41, 5.74) is 2.95. The van der Waals surface area contributed by atoms with Crippen LogP contribution in [-0.4, -0.2) is 16.9 Å². The van der Waals surface area contributed by atoms with Crippen LogP contribution in [0.25, 0.3) is 10.9 Å². The average Bonchev–Trinajstić information content (AvgIpc) is 2.70. The summed E-state index contributed by atoms with van der Waals surface area (Å²) in [5, 5.41) is 4.73. The Morgan fingerprint density at radius 3 is 2.57 bits per heavy atom. The summed E-state index contributed by atoms with van der Waals surface area (Å²) in [6.07, 6.45) is 5.97. The molecule has 0 saturated heterocycles. The second-order valence-corrected chi connectivity index (χ2v) is 7.92. The highest BCUT2D eigenvalue weighted by Crippen LogP contribution is 2.36. The molecule has 1 saturated carbocycles. The first kappa shape index (κ1) is 18.9. The average molecular weight is 397 g/mol. The van der Waals surface area contributed by atoms with Gasteiger partial charge in [-0.05, 0) is 79.1 Å². The van der Waals surface area contributed by atoms with Crippen molar-refractivity contribution in [3.63, 3.8) is 0 Å². The van der Waals surface area contributed by atoms with Crippen LogP contribution in [0.15, 0.2) is 54.7 Å². The molecule has 0 aliphatic heterocycles. The van der Waals surface area contributed by atoms with Crippen molar-refractivity contribution < 1.29 is 9.18 Å². The highest BCUT2D eigenvalue weighted by Gasteiger charge is 2.24. The fourth-order valence-corrected chi connectivity index (χ4v) is 4.24. The Bertz CT molecular complexity index is 982. The summed E-state index contributed by atoms with van der Waals surface area (Å²) in [4.78, 5) is 16.7. The number of pyridine rings is 1. The van der Waals surface area contributed by atoms with Gasteiger partial charge in [0.15, 0.2) is 0 Å². The van der Waals surface area contributed by atoms with Crippen molar-refractivity contribution in [1.29, 1.82) is 0 Å². The minimum absolute atomic E-state index is 0.0437. The van der Waals surface area contributed by atoms with E-state index >= 15 is 0 Å². The third kappa shape index (κ3) is 4.33. The monoisotopic (exact) mass is 396 g/mol. The maximum absolute atomic E-state index is 13.7. The van der Waals surface area contributed by atoms with Gasteiger partial charge in [0.05, 0.1) is 11.9 Å². The first-order chi connectivity index (χ1) is 13.6. The number of hydrogen-bond acceptors (Lipinski definition) is 2. The van der Waals surface area contributed by atoms with Gasteiger partial charge in [0.2, 0.25) is 5.91 Å². The first-order valence-electron chi connectivity index (χ1n) is 9.66. The number of amides is 1. The van der Waals surface area contributed by atoms with Crippen LogP contribution in [-0.2, 0) is 11.2 Å². The van der Waals surface area contributed by atoms with Gasteiger partial charge in [-0.25, -0.2) is 4.39 Å². The molecular formula is C23H22ClFN2O. The Labute approximate surface area is 168 Å². The molecule has 2 aromatic carbocycles. The third-order valence-electron chi connectivity index (χ3n) is 5.55. The zero-order chi connectivity index (χ0) is 19.5. The fraction of sp³-hybridized carbons (Fsp3) is 0.304. The number of nitrogens with zero attached hydrogens (tertiary/aromatic N) is 1. The van der Waals surface area contributed by atoms with E-state index in [1.165, 1.54) is 6.07 Å². The molecule has 0 spiro atoms. The van der Waals surface area contributed by atoms with E-state index in [0.717, 1.165) is 47.7 Å². The summed E-state index contributed by atoms with van der Waals surface area (Å²) >= 11 is 5.89. The van der Waals surface area contributed by atoms with Crippen molar-refractivity contribution in [2.75, 3.05) is 0 Å². The second-order valence-electron chi connectivity index (χ2n) is 7.48. The summed E-state index contributed by atoms with van der Waals surface area (Å²) in [7, 11) is 0. The maximum Gasteiger partial charge on any atom is 0.224 e. The van der Waals surface area contributed by atoms with Gasteiger partial charge in [0, 0.05) is 22.6 Å². The normalized spacial score (nSPS) is 19.5. The summed E-state index contributed by atoms with van der Waals surface area (Å²) in [5.74, 6) is 0.184. The number of hydrogen-bond donors (Lipinski definition) is 1. The van der Waals surface area contributed by atoms with Gasteiger partial charge in [-0.2, -0.15) is 0 Å². The first-order valence-corrected chi connectivity index (χ1v) is 10.0. The molecule has 3 aromatic rings. The highest BCUT2D eigenvalue weighted by atomic mass is 35.5. The molecule has 1 aliphatic rings. The van der Waals surface area contributed by atoms with E-state index in [1.807, 2.05) is 18.2 Å². The van der Waals surface area contributed by atoms with Gasteiger partial charge in [0.1, 0.15) is 5.82 Å². The van der Waals surface area contributed by atoms with Crippen LogP contribution in [0, 0.1) is 5.82 Å². The van der Waals surface area contributed by atoms with Crippen LogP contribution in [0.1, 0.15) is 42.7 Å². The molecular weight excluding hydrogens is 375 g/mol. The summed E-state index contributed by atoms with van der Waals surface area (Å²) in [6, 6.07) is 14.3. The largest absolute Gasteiger partial charge is 0.353 e. The predicted octanol–water partition coefficient (Wildman–Crippen LogP) is 5.41. The van der Waals surface area contributed by atoms with Crippen LogP contribution in [0.3, 0.4) is 0 Å². The standard InChI is InChI=1S/C23H22ClFN2O/c24-17-5-1-15(2-6-17)13-23(28)27-19-8-3-16(4-9-19)20-11-12-26-22-10-7-18(25)14-21(20)22/h1-2,5-7,10-12,14,16,19H,3-4,8-9,13H2,(H,27,28). The lowest BCUT2D eigenvalue weighted by molar-refractivity contribution is -0.121. The number of carbonyl (C=O) groups is 1. The summed E-state index contributed by atoms with van der Waals surface area (Å²) < 4.78 is 13.7. The molecule has 1 N–H and O–H groups in total. The molecule has 1 amide bonds. The fourth-order valence-electron chi connectivity index (χ4n) is 4.11. The quantitative estimate of drug-likeness (QED) is 0.640. The number of benzene rings is 2. The van der Waals surface area contributed by atoms with E-state index in [2.05, 4.69) is 10.3 Å². The van der Waals surface area contributed by atoms with E-state index in [9.17, 15) is 9.18 Å². The molecule has 1 fully saturated rings. The maximum atomic E-state index is 13.7. The van der Waals surface area contributed by atoms with Gasteiger partial charge in [-0.3, -0.25) is 9.78 Å². The van der Waals surface area contributed by atoms with E-state index in [1.54, 1.807) is 30.5 Å². The number of carbonyl (C=O) groups excluding carboxylic acids is 1. The van der Waals surface area contributed by atoms with Crippen molar-refractivity contribution >= 4 is 28.4 Å². The Kier molecular flexibility index (Phi) is 5.58. The predicted molar refractivity (Wildman–Crippen MR) is 110 cm³/mol. The molecule has 144 valence electrons. The molecule has 1 heterocycles. The zero-order valence-corrected chi connectivity index (χ0v) is 16.3. The van der Waals surface area contributed by atoms with Crippen LogP contribution in [0.5, 0.6) is 0 Å². The van der Waals surface area contributed by atoms with Gasteiger partial charge in [-0.15, -0.1) is 0 Å². The molecule has 0 bridgehead atoms. The number of aromatic nitrogens is 1. The SMILES string of the molecule is O=C(Cc1ccc(Cl)cc1)NC1CCC(c2ccnc3ccc(F)cc23)CC1. The third-order valence-corrected chi connectivity index (χ3v) is 5.80. The van der Waals surface area contributed by atoms with Crippen molar-refractivity contribution in [2.24, 2.45) is 0 Å². The number of fused-ring (bicyclic) bond motifs is 1. The van der Waals surface area contributed by atoms with Crippen molar-refractivity contribution in [2.45, 2.75) is 44.1 Å². The number of halogens is 2. The van der Waals surface area contributed by atoms with Gasteiger partial charge < -0.3 is 5.32 Å². The number of rotatable bonds is 4. The molecule has 0 radical (unpaired) electrons. The van der Waals surface area contributed by atoms with E-state index in [4.69, 9.17) is 11.6 Å². The summed E-state index contributed by atoms with van der Waals surface area (Å²) in [6.45, 7) is 0. The van der Waals surface area contributed by atoms with Crippen LogP contribution in [0.4, 0.5) is 4.39 Å². The molecule has 3 nitrogen and oxygen atoms in total. The second kappa shape index (κ2) is 8.27. The van der Waals surface area contributed by atoms with E-state index in [-0.39, 0.29) is 17.8 Å². The number of nitrogens with one attached hydrogen (secondary N) is 1. The van der Waals surface area contributed by atoms with Gasteiger partial charge in [0.25, 0.3) is 0 Å². The topological polar surface area (TPSA) is 42.0 Å². The van der Waals surface area contributed by atoms with Crippen LogP contribution >= 0.6 is 11.6 Å². The lowest BCUT2D eigenvalue weighted by atomic mass is 9.80. The Hall–Kier alpha value is -2.46. The van der Waals surface area contributed by atoms with Gasteiger partial charge in [-0.1, -0.05) is 23.7 Å². The lowest BCUT2D eigenvalue weighted by Gasteiger charge is -2.30. The minimum atomic E-state index is -0.232. The molecule has 5 heteroatoms. The van der Waals surface area contributed by atoms with E-state index < -0.39 is 0 Å². The zero-order valence-electron chi connectivity index (χ0n) is 15.5. The van der Waals surface area contributed by atoms with Crippen molar-refractivity contribution in [3.05, 3.63) is 76.7 Å². The highest BCUT2D eigenvalue weighted by molar-refractivity contribution is 6.30. The smallest absolute Gasteiger partial charge is 0.224 e. The Balaban J connectivity index is 1.36. The van der Waals surface area contributed by atoms with E-state index in [0.29, 0.717) is 17.4 Å². The molecule has 28 heavy (non-hydrogen) atoms. The molecule has 0 atom stereocenters. The lowest BCUT2D eigenvalue weighted by Crippen LogP contribution is -2.38. The Morgan fingerprint density at radius 2 is 1.82 bits per heavy atom. The molecule has 4 rings (SSSR count). The van der Waals surface area contributed by atoms with Crippen LogP contribution < -0.4 is 5.32 Å². The Morgan fingerprint density at radius 1 is 1.07 bits per heavy atom. The molecule has 0 unspecified atom stereocenters. The molecule has 1 aromatic heterocycles. The molecule has 1 aliphatic carbocycles. The van der Waals surface area contributed by atoms with Crippen molar-refractivity contribution in [1.82, 2.24) is 10.3 Å². The van der Waals surface area contributed by atoms with Gasteiger partial charge >= 0.3 is 0 Å². The van der Waals surface area contributed by atoms with Crippen molar-refractivity contribution in [3.8, 4) is 0 Å². The minimum Gasteiger partial charge on any atom is -0.353 e. The van der Waals surface area contributed by atoms with Crippen LogP contribution in [0.2, 0.25) is 5.02 Å².